The molecule has 1 nitrogen and oxygen atoms in total. The summed E-state index contributed by atoms with van der Waals surface area (Å²) >= 11 is 0. The van der Waals surface area contributed by atoms with Crippen molar-refractivity contribution in [1.29, 1.82) is 0 Å². The summed E-state index contributed by atoms with van der Waals surface area (Å²) in [4.78, 5) is 10.3. The fourth-order valence-corrected chi connectivity index (χ4v) is 0.554. The number of allylic oxidation sites excluding steroid dienone is 2. The second kappa shape index (κ2) is 4.99. The maximum Gasteiger partial charge on any atom is 0.198 e. The molecule has 1 atom stereocenters. The van der Waals surface area contributed by atoms with Gasteiger partial charge in [0.2, 0.25) is 0 Å². The average Bonchev–Trinajstić information content (AvgIpc) is 1.98. The van der Waals surface area contributed by atoms with Crippen LogP contribution in [0.15, 0.2) is 11.6 Å². The highest BCUT2D eigenvalue weighted by Crippen LogP contribution is 2.03. The minimum Gasteiger partial charge on any atom is -0.293 e. The molecule has 0 heterocycles. The van der Waals surface area contributed by atoms with Crippen LogP contribution in [0, 0.1) is 0 Å². The largest absolute Gasteiger partial charge is 0.293 e. The summed E-state index contributed by atoms with van der Waals surface area (Å²) in [6.45, 7) is 2.39. The van der Waals surface area contributed by atoms with Crippen molar-refractivity contribution in [1.82, 2.24) is 0 Å². The van der Waals surface area contributed by atoms with Crippen molar-refractivity contribution in [2.24, 2.45) is 0 Å². The topological polar surface area (TPSA) is 17.1 Å². The van der Waals surface area contributed by atoms with Crippen molar-refractivity contribution >= 4 is 5.78 Å². The predicted octanol–water partition coefficient (Wildman–Crippen LogP) is 2.22. The molecule has 0 fully saturated rings. The fourth-order valence-electron chi connectivity index (χ4n) is 0.554. The number of alkyl halides is 2. The number of ketones is 1. The molecule has 0 aliphatic carbocycles. The Hall–Kier alpha value is -0.730. The number of hydrogen-bond acceptors (Lipinski definition) is 1. The molecule has 0 aliphatic heterocycles. The van der Waals surface area contributed by atoms with Gasteiger partial charge in [0.25, 0.3) is 0 Å². The maximum absolute atomic E-state index is 12.5. The standard InChI is InChI=1S/C8H12F2O/c1-6(2)3-4-7(10)8(11)5-9/h3,7H,4-5H2,1-2H3. The third kappa shape index (κ3) is 4.65. The van der Waals surface area contributed by atoms with Gasteiger partial charge in [0.15, 0.2) is 18.6 Å². The van der Waals surface area contributed by atoms with E-state index in [2.05, 4.69) is 0 Å². The van der Waals surface area contributed by atoms with Crippen LogP contribution in [0.3, 0.4) is 0 Å². The van der Waals surface area contributed by atoms with Gasteiger partial charge in [-0.2, -0.15) is 0 Å². The smallest absolute Gasteiger partial charge is 0.198 e. The zero-order valence-electron chi connectivity index (χ0n) is 6.73. The Morgan fingerprint density at radius 1 is 1.55 bits per heavy atom. The van der Waals surface area contributed by atoms with E-state index in [1.807, 2.05) is 0 Å². The van der Waals surface area contributed by atoms with Crippen molar-refractivity contribution in [2.75, 3.05) is 6.67 Å². The van der Waals surface area contributed by atoms with Gasteiger partial charge in [0, 0.05) is 6.42 Å². The van der Waals surface area contributed by atoms with Gasteiger partial charge in [0.05, 0.1) is 0 Å². The van der Waals surface area contributed by atoms with Crippen molar-refractivity contribution < 1.29 is 13.6 Å². The molecule has 0 saturated heterocycles. The summed E-state index contributed by atoms with van der Waals surface area (Å²) in [6, 6.07) is 0. The van der Waals surface area contributed by atoms with Gasteiger partial charge in [-0.05, 0) is 13.8 Å². The zero-order chi connectivity index (χ0) is 8.85. The fraction of sp³-hybridized carbons (Fsp3) is 0.625. The van der Waals surface area contributed by atoms with Gasteiger partial charge in [-0.25, -0.2) is 8.78 Å². The SMILES string of the molecule is CC(C)=CCC(F)C(=O)CF. The Kier molecular flexibility index (Phi) is 4.66. The second-order valence-corrected chi connectivity index (χ2v) is 2.58. The van der Waals surface area contributed by atoms with Crippen LogP contribution in [0.5, 0.6) is 0 Å². The molecular formula is C8H12F2O. The summed E-state index contributed by atoms with van der Waals surface area (Å²) < 4.78 is 24.1. The van der Waals surface area contributed by atoms with E-state index in [1.54, 1.807) is 19.9 Å². The average molecular weight is 162 g/mol. The van der Waals surface area contributed by atoms with E-state index >= 15 is 0 Å². The Bertz CT molecular complexity index is 159. The molecule has 1 unspecified atom stereocenters. The number of halogens is 2. The lowest BCUT2D eigenvalue weighted by molar-refractivity contribution is -0.124. The Labute approximate surface area is 65.1 Å². The first kappa shape index (κ1) is 10.3. The zero-order valence-corrected chi connectivity index (χ0v) is 6.73. The van der Waals surface area contributed by atoms with Crippen molar-refractivity contribution in [3.63, 3.8) is 0 Å². The van der Waals surface area contributed by atoms with E-state index in [-0.39, 0.29) is 6.42 Å². The summed E-state index contributed by atoms with van der Waals surface area (Å²) in [5.74, 6) is -0.970. The Morgan fingerprint density at radius 3 is 2.45 bits per heavy atom. The minimum absolute atomic E-state index is 0.00884. The van der Waals surface area contributed by atoms with Gasteiger partial charge in [0.1, 0.15) is 0 Å². The van der Waals surface area contributed by atoms with Crippen molar-refractivity contribution in [3.05, 3.63) is 11.6 Å². The number of rotatable bonds is 4. The molecule has 0 saturated carbocycles. The number of carbonyl (C=O) groups is 1. The number of carbonyl (C=O) groups excluding carboxylic acids is 1. The van der Waals surface area contributed by atoms with E-state index in [0.29, 0.717) is 0 Å². The van der Waals surface area contributed by atoms with E-state index < -0.39 is 18.6 Å². The molecule has 0 spiro atoms. The molecule has 0 aromatic rings. The van der Waals surface area contributed by atoms with Crippen LogP contribution < -0.4 is 0 Å². The lowest BCUT2D eigenvalue weighted by Crippen LogP contribution is -2.16. The molecular weight excluding hydrogens is 150 g/mol. The highest BCUT2D eigenvalue weighted by molar-refractivity contribution is 5.84. The molecule has 0 rings (SSSR count). The van der Waals surface area contributed by atoms with Crippen LogP contribution in [0.4, 0.5) is 8.78 Å². The summed E-state index contributed by atoms with van der Waals surface area (Å²) in [7, 11) is 0. The number of hydrogen-bond donors (Lipinski definition) is 0. The summed E-state index contributed by atoms with van der Waals surface area (Å²) in [5.41, 5.74) is 0.930. The maximum atomic E-state index is 12.5. The predicted molar refractivity (Wildman–Crippen MR) is 39.9 cm³/mol. The third-order valence-corrected chi connectivity index (χ3v) is 1.21. The number of Topliss-reactive ketones (excluding diaryl/α,β-unsaturated/α-hetero) is 1. The monoisotopic (exact) mass is 162 g/mol. The van der Waals surface area contributed by atoms with Crippen LogP contribution in [-0.2, 0) is 4.79 Å². The van der Waals surface area contributed by atoms with Crippen molar-refractivity contribution in [2.45, 2.75) is 26.4 Å². The molecule has 0 amide bonds. The molecule has 0 radical (unpaired) electrons. The van der Waals surface area contributed by atoms with Crippen LogP contribution in [0.1, 0.15) is 20.3 Å². The lowest BCUT2D eigenvalue weighted by Gasteiger charge is -1.99. The molecule has 64 valence electrons. The quantitative estimate of drug-likeness (QED) is 0.579. The first-order chi connectivity index (χ1) is 5.07. The van der Waals surface area contributed by atoms with E-state index in [4.69, 9.17) is 0 Å². The van der Waals surface area contributed by atoms with Gasteiger partial charge in [-0.15, -0.1) is 0 Å². The minimum atomic E-state index is -1.67. The van der Waals surface area contributed by atoms with Crippen LogP contribution in [0.25, 0.3) is 0 Å². The molecule has 0 bridgehead atoms. The molecule has 0 N–H and O–H groups in total. The van der Waals surface area contributed by atoms with Gasteiger partial charge >= 0.3 is 0 Å². The Balaban J connectivity index is 3.78. The molecule has 11 heavy (non-hydrogen) atoms. The van der Waals surface area contributed by atoms with Crippen LogP contribution >= 0.6 is 0 Å². The first-order valence-electron chi connectivity index (χ1n) is 3.44. The van der Waals surface area contributed by atoms with Gasteiger partial charge < -0.3 is 0 Å². The van der Waals surface area contributed by atoms with Crippen LogP contribution in [0.2, 0.25) is 0 Å². The van der Waals surface area contributed by atoms with Crippen LogP contribution in [-0.4, -0.2) is 18.6 Å². The van der Waals surface area contributed by atoms with Gasteiger partial charge in [-0.1, -0.05) is 11.6 Å². The highest BCUT2D eigenvalue weighted by atomic mass is 19.1. The first-order valence-corrected chi connectivity index (χ1v) is 3.44. The summed E-state index contributed by atoms with van der Waals surface area (Å²) in [6.07, 6.45) is -0.0987. The van der Waals surface area contributed by atoms with Crippen molar-refractivity contribution in [3.8, 4) is 0 Å². The second-order valence-electron chi connectivity index (χ2n) is 2.58. The Morgan fingerprint density at radius 2 is 2.09 bits per heavy atom. The summed E-state index contributed by atoms with van der Waals surface area (Å²) in [5, 5.41) is 0. The molecule has 0 aliphatic rings. The van der Waals surface area contributed by atoms with E-state index in [9.17, 15) is 13.6 Å². The van der Waals surface area contributed by atoms with E-state index in [0.717, 1.165) is 5.57 Å². The molecule has 0 aromatic heterocycles. The normalized spacial score (nSPS) is 12.4. The third-order valence-electron chi connectivity index (χ3n) is 1.21. The molecule has 3 heteroatoms. The lowest BCUT2D eigenvalue weighted by atomic mass is 10.1. The highest BCUT2D eigenvalue weighted by Gasteiger charge is 2.14. The van der Waals surface area contributed by atoms with Gasteiger partial charge in [-0.3, -0.25) is 4.79 Å². The van der Waals surface area contributed by atoms with E-state index in [1.165, 1.54) is 0 Å². The molecule has 0 aromatic carbocycles.